The normalized spacial score (nSPS) is 24.8. The largest absolute Gasteiger partial charge is 0.477 e. The summed E-state index contributed by atoms with van der Waals surface area (Å²) in [5.74, 6) is -4.74. The molecule has 1 heterocycles. The summed E-state index contributed by atoms with van der Waals surface area (Å²) in [6, 6.07) is 0. The first-order chi connectivity index (χ1) is 11.5. The maximum Gasteiger partial charge on any atom is 0.420 e. The molecule has 4 nitrogen and oxygen atoms in total. The van der Waals surface area contributed by atoms with Crippen LogP contribution in [0.3, 0.4) is 0 Å². The molecular formula is C16H17F5N2O2. The van der Waals surface area contributed by atoms with Gasteiger partial charge in [-0.1, -0.05) is 0 Å². The highest BCUT2D eigenvalue weighted by atomic mass is 19.4. The molecule has 1 aromatic heterocycles. The second kappa shape index (κ2) is 4.94. The number of carbonyl (C=O) groups is 1. The minimum Gasteiger partial charge on any atom is -0.477 e. The fourth-order valence-electron chi connectivity index (χ4n) is 4.62. The number of hydrogen-bond donors (Lipinski definition) is 1. The third-order valence-corrected chi connectivity index (χ3v) is 5.57. The van der Waals surface area contributed by atoms with Crippen LogP contribution in [-0.2, 0) is 12.7 Å². The predicted octanol–water partition coefficient (Wildman–Crippen LogP) is 4.30. The molecule has 0 amide bonds. The van der Waals surface area contributed by atoms with Crippen molar-refractivity contribution in [2.24, 2.45) is 11.3 Å². The van der Waals surface area contributed by atoms with E-state index in [0.717, 1.165) is 4.68 Å². The number of hydrogen-bond acceptors (Lipinski definition) is 2. The Kier molecular flexibility index (Phi) is 3.32. The van der Waals surface area contributed by atoms with Gasteiger partial charge in [0.25, 0.3) is 0 Å². The van der Waals surface area contributed by atoms with Crippen molar-refractivity contribution >= 4 is 5.97 Å². The van der Waals surface area contributed by atoms with Gasteiger partial charge in [-0.15, -0.1) is 0 Å². The van der Waals surface area contributed by atoms with E-state index < -0.39 is 34.7 Å². The lowest BCUT2D eigenvalue weighted by Crippen LogP contribution is -2.54. The van der Waals surface area contributed by atoms with Crippen LogP contribution in [0.25, 0.3) is 0 Å². The van der Waals surface area contributed by atoms with Gasteiger partial charge in [0, 0.05) is 25.3 Å². The number of carboxylic acid groups (broad SMARTS) is 1. The van der Waals surface area contributed by atoms with Gasteiger partial charge < -0.3 is 5.11 Å². The third kappa shape index (κ3) is 2.81. The van der Waals surface area contributed by atoms with Crippen molar-refractivity contribution in [3.8, 4) is 0 Å². The average Bonchev–Trinajstić information content (AvgIpc) is 3.14. The van der Waals surface area contributed by atoms with Crippen LogP contribution >= 0.6 is 0 Å². The molecule has 3 aliphatic rings. The molecule has 9 heteroatoms. The van der Waals surface area contributed by atoms with Gasteiger partial charge in [0.1, 0.15) is 5.56 Å². The highest BCUT2D eigenvalue weighted by Gasteiger charge is 2.61. The highest BCUT2D eigenvalue weighted by molar-refractivity contribution is 5.88. The summed E-state index contributed by atoms with van der Waals surface area (Å²) in [6.45, 7) is 0.0325. The van der Waals surface area contributed by atoms with Crippen molar-refractivity contribution in [2.75, 3.05) is 0 Å². The molecule has 1 aromatic rings. The Bertz CT molecular complexity index is 720. The zero-order chi connectivity index (χ0) is 18.2. The minimum absolute atomic E-state index is 0.0325. The first kappa shape index (κ1) is 16.8. The van der Waals surface area contributed by atoms with Crippen LogP contribution in [0.4, 0.5) is 22.0 Å². The van der Waals surface area contributed by atoms with Crippen LogP contribution in [0.2, 0.25) is 0 Å². The van der Waals surface area contributed by atoms with Crippen molar-refractivity contribution in [2.45, 2.75) is 63.1 Å². The molecule has 0 saturated heterocycles. The van der Waals surface area contributed by atoms with Gasteiger partial charge in [0.15, 0.2) is 5.69 Å². The predicted molar refractivity (Wildman–Crippen MR) is 75.5 cm³/mol. The number of nitrogens with zero attached hydrogens (tertiary/aromatic N) is 2. The summed E-state index contributed by atoms with van der Waals surface area (Å²) >= 11 is 0. The molecule has 1 N–H and O–H groups in total. The van der Waals surface area contributed by atoms with Crippen LogP contribution in [0.15, 0.2) is 0 Å². The monoisotopic (exact) mass is 364 g/mol. The van der Waals surface area contributed by atoms with Gasteiger partial charge in [-0.3, -0.25) is 4.68 Å². The smallest absolute Gasteiger partial charge is 0.420 e. The molecule has 0 aliphatic heterocycles. The van der Waals surface area contributed by atoms with Crippen LogP contribution < -0.4 is 0 Å². The number of carboxylic acids is 1. The van der Waals surface area contributed by atoms with Crippen LogP contribution in [0.1, 0.15) is 66.2 Å². The quantitative estimate of drug-likeness (QED) is 0.811. The molecule has 3 aliphatic carbocycles. The highest BCUT2D eigenvalue weighted by Crippen LogP contribution is 2.64. The molecule has 1 spiro atoms. The van der Waals surface area contributed by atoms with E-state index in [-0.39, 0.29) is 36.9 Å². The number of aromatic nitrogens is 2. The number of rotatable bonds is 4. The van der Waals surface area contributed by atoms with Crippen LogP contribution in [-0.4, -0.2) is 26.8 Å². The average molecular weight is 364 g/mol. The van der Waals surface area contributed by atoms with Gasteiger partial charge in [0.2, 0.25) is 5.92 Å². The lowest BCUT2D eigenvalue weighted by atomic mass is 9.50. The molecule has 0 unspecified atom stereocenters. The Labute approximate surface area is 140 Å². The van der Waals surface area contributed by atoms with Gasteiger partial charge in [-0.25, -0.2) is 13.6 Å². The fraction of sp³-hybridized carbons (Fsp3) is 0.750. The van der Waals surface area contributed by atoms with Gasteiger partial charge in [-0.05, 0) is 37.0 Å². The summed E-state index contributed by atoms with van der Waals surface area (Å²) in [7, 11) is 0. The lowest BCUT2D eigenvalue weighted by molar-refractivity contribution is -0.208. The molecule has 3 fully saturated rings. The Morgan fingerprint density at radius 2 is 1.84 bits per heavy atom. The second-order valence-electron chi connectivity index (χ2n) is 7.85. The zero-order valence-electron chi connectivity index (χ0n) is 13.2. The van der Waals surface area contributed by atoms with E-state index in [4.69, 9.17) is 0 Å². The summed E-state index contributed by atoms with van der Waals surface area (Å²) in [4.78, 5) is 11.5. The molecule has 4 rings (SSSR count). The maximum absolute atomic E-state index is 13.4. The summed E-state index contributed by atoms with van der Waals surface area (Å²) in [5.41, 5.74) is -2.56. The Morgan fingerprint density at radius 1 is 1.24 bits per heavy atom. The molecular weight excluding hydrogens is 347 g/mol. The van der Waals surface area contributed by atoms with Crippen molar-refractivity contribution in [3.63, 3.8) is 0 Å². The molecule has 138 valence electrons. The van der Waals surface area contributed by atoms with Crippen LogP contribution in [0, 0.1) is 11.3 Å². The molecule has 0 atom stereocenters. The third-order valence-electron chi connectivity index (χ3n) is 5.57. The Morgan fingerprint density at radius 3 is 2.28 bits per heavy atom. The number of aromatic carboxylic acids is 1. The fourth-order valence-corrected chi connectivity index (χ4v) is 4.62. The van der Waals surface area contributed by atoms with Crippen molar-refractivity contribution in [1.82, 2.24) is 9.78 Å². The van der Waals surface area contributed by atoms with E-state index in [1.165, 1.54) is 0 Å². The van der Waals surface area contributed by atoms with E-state index in [9.17, 15) is 31.9 Å². The molecule has 3 saturated carbocycles. The van der Waals surface area contributed by atoms with Gasteiger partial charge in [0.05, 0.1) is 5.69 Å². The van der Waals surface area contributed by atoms with Crippen molar-refractivity contribution < 1.29 is 31.9 Å². The molecule has 0 radical (unpaired) electrons. The lowest BCUT2D eigenvalue weighted by Gasteiger charge is -2.57. The molecule has 25 heavy (non-hydrogen) atoms. The number of alkyl halides is 5. The Balaban J connectivity index is 1.57. The topological polar surface area (TPSA) is 55.1 Å². The van der Waals surface area contributed by atoms with Gasteiger partial charge in [-0.2, -0.15) is 18.3 Å². The number of halogens is 5. The summed E-state index contributed by atoms with van der Waals surface area (Å²) in [6.07, 6.45) is -3.02. The van der Waals surface area contributed by atoms with E-state index in [1.807, 2.05) is 0 Å². The minimum atomic E-state index is -4.78. The molecule has 0 aromatic carbocycles. The standard InChI is InChI=1S/C16H17F5N2O2/c17-15(18)6-14(7-15)3-8(4-14)5-23-12(13(24)25)10(16(19,20)21)11(22-23)9-1-2-9/h8-9H,1-7H2,(H,24,25). The first-order valence-corrected chi connectivity index (χ1v) is 8.29. The van der Waals surface area contributed by atoms with E-state index in [0.29, 0.717) is 25.7 Å². The van der Waals surface area contributed by atoms with E-state index >= 15 is 0 Å². The van der Waals surface area contributed by atoms with Crippen molar-refractivity contribution in [1.29, 1.82) is 0 Å². The zero-order valence-corrected chi connectivity index (χ0v) is 13.2. The van der Waals surface area contributed by atoms with E-state index in [2.05, 4.69) is 5.10 Å². The van der Waals surface area contributed by atoms with E-state index in [1.54, 1.807) is 0 Å². The van der Waals surface area contributed by atoms with Crippen LogP contribution in [0.5, 0.6) is 0 Å². The SMILES string of the molecule is O=C(O)c1c(C(F)(F)F)c(C2CC2)nn1CC1CC2(C1)CC(F)(F)C2. The Hall–Kier alpha value is -1.67. The molecule has 0 bridgehead atoms. The summed E-state index contributed by atoms with van der Waals surface area (Å²) in [5, 5.41) is 13.3. The summed E-state index contributed by atoms with van der Waals surface area (Å²) < 4.78 is 67.1. The second-order valence-corrected chi connectivity index (χ2v) is 7.85. The van der Waals surface area contributed by atoms with Gasteiger partial charge >= 0.3 is 12.1 Å². The first-order valence-electron chi connectivity index (χ1n) is 8.29. The maximum atomic E-state index is 13.4. The van der Waals surface area contributed by atoms with Crippen molar-refractivity contribution in [3.05, 3.63) is 17.0 Å².